The molecular weight excluding hydrogens is 250 g/mol. The van der Waals surface area contributed by atoms with Crippen molar-refractivity contribution in [2.45, 2.75) is 26.2 Å². The van der Waals surface area contributed by atoms with Crippen LogP contribution in [0.15, 0.2) is 36.5 Å². The molecular formula is C16H19N3O. The number of carbonyl (C=O) groups excluding carboxylic acids is 1. The smallest absolute Gasteiger partial charge is 0.257 e. The molecule has 0 bridgehead atoms. The van der Waals surface area contributed by atoms with Crippen LogP contribution in [0.3, 0.4) is 0 Å². The van der Waals surface area contributed by atoms with E-state index in [4.69, 9.17) is 0 Å². The van der Waals surface area contributed by atoms with Crippen LogP contribution in [0.1, 0.15) is 35.3 Å². The van der Waals surface area contributed by atoms with Gasteiger partial charge < -0.3 is 4.90 Å². The Labute approximate surface area is 119 Å². The third-order valence-corrected chi connectivity index (χ3v) is 3.88. The van der Waals surface area contributed by atoms with Crippen LogP contribution < -0.4 is 0 Å². The van der Waals surface area contributed by atoms with Crippen molar-refractivity contribution < 1.29 is 4.79 Å². The number of nitrogens with zero attached hydrogens (tertiary/aromatic N) is 3. The zero-order chi connectivity index (χ0) is 13.9. The lowest BCUT2D eigenvalue weighted by molar-refractivity contribution is 0.0723. The number of para-hydroxylation sites is 1. The number of benzene rings is 1. The van der Waals surface area contributed by atoms with Crippen molar-refractivity contribution in [3.05, 3.63) is 47.8 Å². The topological polar surface area (TPSA) is 38.1 Å². The maximum Gasteiger partial charge on any atom is 0.257 e. The van der Waals surface area contributed by atoms with Gasteiger partial charge in [0.2, 0.25) is 0 Å². The van der Waals surface area contributed by atoms with E-state index >= 15 is 0 Å². The van der Waals surface area contributed by atoms with Crippen molar-refractivity contribution >= 4 is 5.91 Å². The molecule has 2 heterocycles. The molecule has 4 heteroatoms. The van der Waals surface area contributed by atoms with Gasteiger partial charge in [-0.1, -0.05) is 18.2 Å². The van der Waals surface area contributed by atoms with Crippen molar-refractivity contribution in [1.82, 2.24) is 14.7 Å². The maximum atomic E-state index is 12.5. The highest BCUT2D eigenvalue weighted by Crippen LogP contribution is 2.18. The lowest BCUT2D eigenvalue weighted by Crippen LogP contribution is -2.35. The van der Waals surface area contributed by atoms with Gasteiger partial charge >= 0.3 is 0 Å². The van der Waals surface area contributed by atoms with E-state index in [1.165, 1.54) is 6.42 Å². The van der Waals surface area contributed by atoms with Gasteiger partial charge in [0.25, 0.3) is 5.91 Å². The van der Waals surface area contributed by atoms with Gasteiger partial charge in [-0.25, -0.2) is 4.68 Å². The van der Waals surface area contributed by atoms with Gasteiger partial charge in [-0.15, -0.1) is 0 Å². The fourth-order valence-corrected chi connectivity index (χ4v) is 2.72. The minimum absolute atomic E-state index is 0.115. The summed E-state index contributed by atoms with van der Waals surface area (Å²) >= 11 is 0. The van der Waals surface area contributed by atoms with E-state index in [0.29, 0.717) is 0 Å². The van der Waals surface area contributed by atoms with Gasteiger partial charge in [0.15, 0.2) is 0 Å². The normalized spacial score (nSPS) is 15.3. The monoisotopic (exact) mass is 269 g/mol. The number of carbonyl (C=O) groups is 1. The summed E-state index contributed by atoms with van der Waals surface area (Å²) in [6.45, 7) is 3.70. The van der Waals surface area contributed by atoms with Gasteiger partial charge in [-0.05, 0) is 38.3 Å². The first-order chi connectivity index (χ1) is 9.77. The van der Waals surface area contributed by atoms with Crippen LogP contribution in [0.2, 0.25) is 0 Å². The second kappa shape index (κ2) is 5.49. The van der Waals surface area contributed by atoms with E-state index < -0.39 is 0 Å². The summed E-state index contributed by atoms with van der Waals surface area (Å²) in [7, 11) is 0. The molecule has 1 aliphatic rings. The molecule has 1 aromatic heterocycles. The molecule has 0 atom stereocenters. The molecule has 20 heavy (non-hydrogen) atoms. The van der Waals surface area contributed by atoms with E-state index in [0.717, 1.165) is 42.9 Å². The van der Waals surface area contributed by atoms with Crippen LogP contribution in [0.4, 0.5) is 0 Å². The molecule has 1 fully saturated rings. The van der Waals surface area contributed by atoms with Crippen molar-refractivity contribution in [3.63, 3.8) is 0 Å². The first-order valence-electron chi connectivity index (χ1n) is 7.16. The molecule has 0 N–H and O–H groups in total. The van der Waals surface area contributed by atoms with Crippen molar-refractivity contribution in [2.24, 2.45) is 0 Å². The summed E-state index contributed by atoms with van der Waals surface area (Å²) < 4.78 is 1.83. The zero-order valence-electron chi connectivity index (χ0n) is 11.7. The van der Waals surface area contributed by atoms with Crippen LogP contribution in [-0.4, -0.2) is 33.7 Å². The second-order valence-electron chi connectivity index (χ2n) is 5.24. The minimum atomic E-state index is 0.115. The molecule has 2 aromatic rings. The van der Waals surface area contributed by atoms with Gasteiger partial charge in [0.1, 0.15) is 0 Å². The fraction of sp³-hybridized carbons (Fsp3) is 0.375. The Morgan fingerprint density at radius 1 is 1.10 bits per heavy atom. The van der Waals surface area contributed by atoms with Gasteiger partial charge in [0.05, 0.1) is 23.1 Å². The Balaban J connectivity index is 1.88. The lowest BCUT2D eigenvalue weighted by atomic mass is 10.1. The molecule has 0 saturated carbocycles. The Kier molecular flexibility index (Phi) is 3.54. The number of hydrogen-bond acceptors (Lipinski definition) is 2. The van der Waals surface area contributed by atoms with E-state index in [2.05, 4.69) is 5.10 Å². The van der Waals surface area contributed by atoms with E-state index in [1.54, 1.807) is 6.20 Å². The minimum Gasteiger partial charge on any atom is -0.339 e. The number of rotatable bonds is 2. The Morgan fingerprint density at radius 2 is 1.80 bits per heavy atom. The molecule has 1 aliphatic heterocycles. The number of likely N-dealkylation sites (tertiary alicyclic amines) is 1. The van der Waals surface area contributed by atoms with Gasteiger partial charge in [-0.2, -0.15) is 5.10 Å². The lowest BCUT2D eigenvalue weighted by Gasteiger charge is -2.26. The van der Waals surface area contributed by atoms with Crippen LogP contribution in [0.5, 0.6) is 0 Å². The van der Waals surface area contributed by atoms with Gasteiger partial charge in [0, 0.05) is 13.1 Å². The predicted molar refractivity (Wildman–Crippen MR) is 78.1 cm³/mol. The number of amides is 1. The number of aromatic nitrogens is 2. The first kappa shape index (κ1) is 12.9. The first-order valence-corrected chi connectivity index (χ1v) is 7.16. The van der Waals surface area contributed by atoms with Crippen molar-refractivity contribution in [2.75, 3.05) is 13.1 Å². The van der Waals surface area contributed by atoms with Crippen LogP contribution in [0.25, 0.3) is 5.69 Å². The fourth-order valence-electron chi connectivity index (χ4n) is 2.72. The molecule has 3 rings (SSSR count). The molecule has 4 nitrogen and oxygen atoms in total. The molecule has 0 unspecified atom stereocenters. The summed E-state index contributed by atoms with van der Waals surface area (Å²) in [4.78, 5) is 14.5. The quantitative estimate of drug-likeness (QED) is 0.840. The van der Waals surface area contributed by atoms with Crippen LogP contribution in [-0.2, 0) is 0 Å². The molecule has 1 aromatic carbocycles. The highest BCUT2D eigenvalue weighted by Gasteiger charge is 2.22. The summed E-state index contributed by atoms with van der Waals surface area (Å²) in [5.41, 5.74) is 2.62. The molecule has 1 amide bonds. The molecule has 104 valence electrons. The summed E-state index contributed by atoms with van der Waals surface area (Å²) in [5, 5.41) is 4.37. The molecule has 0 aliphatic carbocycles. The molecule has 0 radical (unpaired) electrons. The average Bonchev–Trinajstić information content (AvgIpc) is 2.90. The van der Waals surface area contributed by atoms with E-state index in [-0.39, 0.29) is 5.91 Å². The summed E-state index contributed by atoms with van der Waals surface area (Å²) in [6.07, 6.45) is 5.14. The highest BCUT2D eigenvalue weighted by atomic mass is 16.2. The van der Waals surface area contributed by atoms with Crippen molar-refractivity contribution in [3.8, 4) is 5.69 Å². The van der Waals surface area contributed by atoms with Crippen molar-refractivity contribution in [1.29, 1.82) is 0 Å². The molecule has 0 spiro atoms. The third-order valence-electron chi connectivity index (χ3n) is 3.88. The largest absolute Gasteiger partial charge is 0.339 e. The maximum absolute atomic E-state index is 12.5. The number of hydrogen-bond donors (Lipinski definition) is 0. The predicted octanol–water partition coefficient (Wildman–Crippen LogP) is 2.81. The summed E-state index contributed by atoms with van der Waals surface area (Å²) in [6, 6.07) is 9.91. The van der Waals surface area contributed by atoms with E-state index in [1.807, 2.05) is 46.8 Å². The van der Waals surface area contributed by atoms with Gasteiger partial charge in [-0.3, -0.25) is 4.79 Å². The Morgan fingerprint density at radius 3 is 2.50 bits per heavy atom. The standard InChI is InChI=1S/C16H19N3O/c1-13-15(16(20)18-10-6-3-7-11-18)12-17-19(13)14-8-4-2-5-9-14/h2,4-5,8-9,12H,3,6-7,10-11H2,1H3. The Hall–Kier alpha value is -2.10. The number of piperidine rings is 1. The summed E-state index contributed by atoms with van der Waals surface area (Å²) in [5.74, 6) is 0.115. The molecule has 1 saturated heterocycles. The average molecular weight is 269 g/mol. The highest BCUT2D eigenvalue weighted by molar-refractivity contribution is 5.95. The Bertz CT molecular complexity index is 597. The second-order valence-corrected chi connectivity index (χ2v) is 5.24. The SMILES string of the molecule is Cc1c(C(=O)N2CCCCC2)cnn1-c1ccccc1. The van der Waals surface area contributed by atoms with Crippen LogP contribution >= 0.6 is 0 Å². The third kappa shape index (κ3) is 2.33. The van der Waals surface area contributed by atoms with Crippen LogP contribution in [0, 0.1) is 6.92 Å². The van der Waals surface area contributed by atoms with E-state index in [9.17, 15) is 4.79 Å². The zero-order valence-corrected chi connectivity index (χ0v) is 11.7.